The molecule has 1 N–H and O–H groups in total. The fourth-order valence-corrected chi connectivity index (χ4v) is 1.64. The quantitative estimate of drug-likeness (QED) is 0.561. The summed E-state index contributed by atoms with van der Waals surface area (Å²) in [5.41, 5.74) is 1.40. The van der Waals surface area contributed by atoms with Crippen LogP contribution >= 0.6 is 0 Å². The van der Waals surface area contributed by atoms with Crippen molar-refractivity contribution in [1.82, 2.24) is 4.98 Å². The van der Waals surface area contributed by atoms with Crippen molar-refractivity contribution in [3.63, 3.8) is 0 Å². The second-order valence-electron chi connectivity index (χ2n) is 1.95. The van der Waals surface area contributed by atoms with Crippen molar-refractivity contribution in [3.05, 3.63) is 24.0 Å². The predicted octanol–water partition coefficient (Wildman–Crippen LogP) is 0.732. The molecule has 1 aromatic rings. The number of hydrogen-bond acceptors (Lipinski definition) is 0. The molecule has 8 heavy (non-hydrogen) atoms. The van der Waals surface area contributed by atoms with E-state index in [2.05, 4.69) is 23.7 Å². The Kier molecular flexibility index (Phi) is 1.91. The van der Waals surface area contributed by atoms with E-state index < -0.39 is 0 Å². The summed E-state index contributed by atoms with van der Waals surface area (Å²) in [5.74, 6) is 0. The maximum Gasteiger partial charge on any atom is 0.0236 e. The zero-order valence-corrected chi connectivity index (χ0v) is 6.56. The minimum absolute atomic E-state index is 0.214. The average molecular weight is 125 g/mol. The van der Waals surface area contributed by atoms with Gasteiger partial charge >= 0.3 is 0 Å². The molecule has 44 valence electrons. The third-order valence-corrected chi connectivity index (χ3v) is 2.22. The fourth-order valence-electron chi connectivity index (χ4n) is 0.792. The van der Waals surface area contributed by atoms with Crippen molar-refractivity contribution in [2.24, 2.45) is 0 Å². The van der Waals surface area contributed by atoms with Gasteiger partial charge < -0.3 is 4.98 Å². The first-order valence-electron chi connectivity index (χ1n) is 3.05. The normalized spacial score (nSPS) is 11.1. The van der Waals surface area contributed by atoms with E-state index >= 15 is 0 Å². The minimum Gasteiger partial charge on any atom is -0.365 e. The van der Waals surface area contributed by atoms with Gasteiger partial charge in [0.15, 0.2) is 0 Å². The highest BCUT2D eigenvalue weighted by Gasteiger charge is 1.86. The van der Waals surface area contributed by atoms with Gasteiger partial charge in [-0.1, -0.05) is 6.55 Å². The van der Waals surface area contributed by atoms with Crippen LogP contribution < -0.4 is 0 Å². The first-order chi connectivity index (χ1) is 3.93. The summed E-state index contributed by atoms with van der Waals surface area (Å²) in [6, 6.07) is 5.52. The Bertz CT molecular complexity index is 134. The van der Waals surface area contributed by atoms with Crippen LogP contribution in [0.15, 0.2) is 18.3 Å². The van der Waals surface area contributed by atoms with Crippen LogP contribution in [0.2, 0.25) is 6.55 Å². The van der Waals surface area contributed by atoms with Gasteiger partial charge in [0, 0.05) is 21.4 Å². The molecule has 0 saturated heterocycles. The molecule has 0 unspecified atom stereocenters. The molecule has 0 saturated carbocycles. The van der Waals surface area contributed by atoms with Crippen LogP contribution in [0.3, 0.4) is 0 Å². The third kappa shape index (κ3) is 1.23. The lowest BCUT2D eigenvalue weighted by atomic mass is 10.5. The summed E-state index contributed by atoms with van der Waals surface area (Å²) < 4.78 is 0. The number of nitrogens with one attached hydrogen (secondary N) is 1. The summed E-state index contributed by atoms with van der Waals surface area (Å²) in [6.45, 7) is 2.32. The summed E-state index contributed by atoms with van der Waals surface area (Å²) in [7, 11) is 0.214. The predicted molar refractivity (Wildman–Crippen MR) is 38.9 cm³/mol. The Morgan fingerprint density at radius 1 is 1.75 bits per heavy atom. The molecule has 0 spiro atoms. The molecule has 2 heteroatoms. The zero-order chi connectivity index (χ0) is 5.82. The number of aromatic nitrogens is 1. The highest BCUT2D eigenvalue weighted by Crippen LogP contribution is 1.92. The van der Waals surface area contributed by atoms with Crippen LogP contribution in [0.5, 0.6) is 0 Å². The lowest BCUT2D eigenvalue weighted by Crippen LogP contribution is -1.89. The second-order valence-corrected chi connectivity index (χ2v) is 3.45. The van der Waals surface area contributed by atoms with Crippen molar-refractivity contribution in [2.75, 3.05) is 0 Å². The molecule has 0 aliphatic heterocycles. The highest BCUT2D eigenvalue weighted by molar-refractivity contribution is 6.32. The molecular formula is C6H11NSi. The molecule has 0 bridgehead atoms. The first-order valence-corrected chi connectivity index (χ1v) is 5.47. The second kappa shape index (κ2) is 2.72. The van der Waals surface area contributed by atoms with Gasteiger partial charge in [0.25, 0.3) is 0 Å². The van der Waals surface area contributed by atoms with Crippen LogP contribution in [-0.4, -0.2) is 14.5 Å². The molecule has 1 aromatic heterocycles. The smallest absolute Gasteiger partial charge is 0.0236 e. The minimum atomic E-state index is 0.214. The summed E-state index contributed by atoms with van der Waals surface area (Å²) in [5, 5.41) is 0. The van der Waals surface area contributed by atoms with Crippen molar-refractivity contribution in [2.45, 2.75) is 12.6 Å². The largest absolute Gasteiger partial charge is 0.365 e. The van der Waals surface area contributed by atoms with E-state index in [0.717, 1.165) is 0 Å². The Balaban J connectivity index is 2.50. The number of H-pyrrole nitrogens is 1. The van der Waals surface area contributed by atoms with Crippen LogP contribution in [-0.2, 0) is 6.04 Å². The molecular weight excluding hydrogens is 114 g/mol. The molecule has 0 radical (unpaired) electrons. The van der Waals surface area contributed by atoms with Gasteiger partial charge in [-0.2, -0.15) is 0 Å². The molecule has 1 rings (SSSR count). The van der Waals surface area contributed by atoms with Crippen molar-refractivity contribution >= 4 is 9.52 Å². The van der Waals surface area contributed by atoms with Crippen LogP contribution in [0.25, 0.3) is 0 Å². The maximum absolute atomic E-state index is 3.17. The summed E-state index contributed by atoms with van der Waals surface area (Å²) in [4.78, 5) is 3.17. The Hall–Kier alpha value is -0.503. The van der Waals surface area contributed by atoms with Gasteiger partial charge in [0.1, 0.15) is 0 Å². The van der Waals surface area contributed by atoms with Gasteiger partial charge in [-0.05, 0) is 18.2 Å². The zero-order valence-electron chi connectivity index (χ0n) is 5.15. The SMILES string of the molecule is C[SiH2]Cc1ccc[nH]1. The third-order valence-electron chi connectivity index (χ3n) is 1.18. The van der Waals surface area contributed by atoms with E-state index in [1.54, 1.807) is 0 Å². The van der Waals surface area contributed by atoms with Gasteiger partial charge in [-0.3, -0.25) is 0 Å². The topological polar surface area (TPSA) is 15.8 Å². The fraction of sp³-hybridized carbons (Fsp3) is 0.333. The molecule has 0 aliphatic carbocycles. The Morgan fingerprint density at radius 2 is 2.62 bits per heavy atom. The lowest BCUT2D eigenvalue weighted by Gasteiger charge is -1.86. The summed E-state index contributed by atoms with van der Waals surface area (Å²) in [6.07, 6.45) is 1.99. The van der Waals surface area contributed by atoms with E-state index in [9.17, 15) is 0 Å². The van der Waals surface area contributed by atoms with Gasteiger partial charge in [0.05, 0.1) is 0 Å². The van der Waals surface area contributed by atoms with Crippen molar-refractivity contribution in [3.8, 4) is 0 Å². The first kappa shape index (κ1) is 5.63. The number of rotatable bonds is 2. The molecule has 1 heterocycles. The average Bonchev–Trinajstić information content (AvgIpc) is 2.19. The Labute approximate surface area is 51.9 Å². The van der Waals surface area contributed by atoms with E-state index in [-0.39, 0.29) is 9.52 Å². The highest BCUT2D eigenvalue weighted by atomic mass is 28.2. The lowest BCUT2D eigenvalue weighted by molar-refractivity contribution is 1.22. The van der Waals surface area contributed by atoms with Gasteiger partial charge in [-0.15, -0.1) is 0 Å². The molecule has 0 fully saturated rings. The van der Waals surface area contributed by atoms with E-state index in [1.165, 1.54) is 11.7 Å². The molecule has 0 aliphatic rings. The monoisotopic (exact) mass is 125 g/mol. The van der Waals surface area contributed by atoms with Gasteiger partial charge in [0.2, 0.25) is 0 Å². The number of hydrogen-bond donors (Lipinski definition) is 1. The number of aromatic amines is 1. The Morgan fingerprint density at radius 3 is 3.12 bits per heavy atom. The van der Waals surface area contributed by atoms with E-state index in [4.69, 9.17) is 0 Å². The van der Waals surface area contributed by atoms with E-state index in [0.29, 0.717) is 0 Å². The van der Waals surface area contributed by atoms with Crippen molar-refractivity contribution < 1.29 is 0 Å². The molecule has 1 nitrogen and oxygen atoms in total. The van der Waals surface area contributed by atoms with E-state index in [1.807, 2.05) is 6.20 Å². The van der Waals surface area contributed by atoms with Crippen LogP contribution in [0.4, 0.5) is 0 Å². The van der Waals surface area contributed by atoms with Crippen LogP contribution in [0, 0.1) is 0 Å². The van der Waals surface area contributed by atoms with Crippen molar-refractivity contribution in [1.29, 1.82) is 0 Å². The standard InChI is InChI=1S/C6H11NSi/c1-8-5-6-3-2-4-7-6/h2-4,7H,5,8H2,1H3. The summed E-state index contributed by atoms with van der Waals surface area (Å²) >= 11 is 0. The van der Waals surface area contributed by atoms with Crippen LogP contribution in [0.1, 0.15) is 5.69 Å². The molecule has 0 amide bonds. The molecule has 0 aromatic carbocycles. The maximum atomic E-state index is 3.17. The molecule has 0 atom stereocenters. The van der Waals surface area contributed by atoms with Gasteiger partial charge in [-0.25, -0.2) is 0 Å².